The minimum atomic E-state index is -0.373. The van der Waals surface area contributed by atoms with Gasteiger partial charge in [0.2, 0.25) is 0 Å². The summed E-state index contributed by atoms with van der Waals surface area (Å²) >= 11 is 3.69. The third-order valence-corrected chi connectivity index (χ3v) is 8.33. The zero-order valence-corrected chi connectivity index (χ0v) is 23.0. The highest BCUT2D eigenvalue weighted by Gasteiger charge is 2.08. The van der Waals surface area contributed by atoms with E-state index in [1.807, 2.05) is 22.7 Å². The zero-order chi connectivity index (χ0) is 25.6. The number of thiophene rings is 2. The Morgan fingerprint density at radius 1 is 0.778 bits per heavy atom. The van der Waals surface area contributed by atoms with Gasteiger partial charge in [-0.05, 0) is 86.0 Å². The maximum Gasteiger partial charge on any atom is 0.306 e. The highest BCUT2D eigenvalue weighted by Crippen LogP contribution is 2.37. The lowest BCUT2D eigenvalue weighted by molar-refractivity contribution is -0.145. The van der Waals surface area contributed by atoms with Gasteiger partial charge in [-0.25, -0.2) is 0 Å². The molecule has 5 heteroatoms. The molecule has 36 heavy (non-hydrogen) atoms. The summed E-state index contributed by atoms with van der Waals surface area (Å²) in [6.45, 7) is 10.2. The Balaban J connectivity index is 1.21. The number of hydrogen-bond acceptors (Lipinski definition) is 5. The minimum absolute atomic E-state index is 0.167. The molecule has 0 amide bonds. The van der Waals surface area contributed by atoms with Crippen LogP contribution in [0.5, 0.6) is 5.75 Å². The summed E-state index contributed by atoms with van der Waals surface area (Å²) in [6, 6.07) is 17.3. The van der Waals surface area contributed by atoms with Crippen molar-refractivity contribution in [1.82, 2.24) is 0 Å². The lowest BCUT2D eigenvalue weighted by Crippen LogP contribution is -2.12. The molecule has 0 unspecified atom stereocenters. The van der Waals surface area contributed by atoms with Gasteiger partial charge >= 0.3 is 5.97 Å². The molecule has 3 aromatic rings. The molecule has 0 aliphatic rings. The first-order valence-corrected chi connectivity index (χ1v) is 14.6. The molecule has 192 valence electrons. The number of unbranched alkanes of at least 4 members (excludes halogenated alkanes) is 7. The summed E-state index contributed by atoms with van der Waals surface area (Å²) in [5, 5.41) is 0. The number of benzene rings is 1. The number of esters is 1. The predicted octanol–water partition coefficient (Wildman–Crippen LogP) is 9.63. The smallest absolute Gasteiger partial charge is 0.306 e. The van der Waals surface area contributed by atoms with E-state index in [0.717, 1.165) is 31.6 Å². The Bertz CT molecular complexity index is 1070. The van der Waals surface area contributed by atoms with Gasteiger partial charge in [0, 0.05) is 25.9 Å². The molecule has 0 bridgehead atoms. The van der Waals surface area contributed by atoms with E-state index in [4.69, 9.17) is 9.47 Å². The van der Waals surface area contributed by atoms with Crippen molar-refractivity contribution in [3.05, 3.63) is 78.7 Å². The first kappa shape index (κ1) is 27.9. The lowest BCUT2D eigenvalue weighted by Gasteiger charge is -2.09. The van der Waals surface area contributed by atoms with Crippen molar-refractivity contribution >= 4 is 28.6 Å². The molecule has 0 N–H and O–H groups in total. The van der Waals surface area contributed by atoms with Gasteiger partial charge in [-0.1, -0.05) is 51.7 Å². The van der Waals surface area contributed by atoms with Crippen molar-refractivity contribution in [1.29, 1.82) is 0 Å². The van der Waals surface area contributed by atoms with Crippen molar-refractivity contribution in [2.75, 3.05) is 6.61 Å². The molecular formula is C31H38O3S2. The number of carbonyl (C=O) groups is 1. The Labute approximate surface area is 224 Å². The van der Waals surface area contributed by atoms with Gasteiger partial charge < -0.3 is 9.47 Å². The van der Waals surface area contributed by atoms with Crippen LogP contribution in [0.15, 0.2) is 73.8 Å². The molecule has 2 aromatic heterocycles. The second-order valence-corrected chi connectivity index (χ2v) is 11.3. The molecule has 0 saturated heterocycles. The van der Waals surface area contributed by atoms with Gasteiger partial charge in [-0.3, -0.25) is 4.79 Å². The van der Waals surface area contributed by atoms with E-state index in [1.165, 1.54) is 57.2 Å². The molecular weight excluding hydrogens is 484 g/mol. The van der Waals surface area contributed by atoms with E-state index in [0.29, 0.717) is 6.42 Å². The topological polar surface area (TPSA) is 35.5 Å². The van der Waals surface area contributed by atoms with E-state index < -0.39 is 0 Å². The highest BCUT2D eigenvalue weighted by atomic mass is 32.1. The fourth-order valence-electron chi connectivity index (χ4n) is 3.93. The fraction of sp³-hybridized carbons (Fsp3) is 0.387. The summed E-state index contributed by atoms with van der Waals surface area (Å²) in [4.78, 5) is 17.0. The number of ether oxygens (including phenoxy) is 2. The molecule has 0 spiro atoms. The Morgan fingerprint density at radius 3 is 2.00 bits per heavy atom. The molecule has 0 radical (unpaired) electrons. The fourth-order valence-corrected chi connectivity index (χ4v) is 5.90. The number of aryl methyl sites for hydroxylation is 1. The summed E-state index contributed by atoms with van der Waals surface area (Å²) < 4.78 is 11.2. The number of rotatable bonds is 17. The third-order valence-electron chi connectivity index (χ3n) is 6.00. The minimum Gasteiger partial charge on any atom is -0.494 e. The zero-order valence-electron chi connectivity index (χ0n) is 21.4. The van der Waals surface area contributed by atoms with E-state index in [-0.39, 0.29) is 12.1 Å². The number of hydrogen-bond donors (Lipinski definition) is 0. The van der Waals surface area contributed by atoms with Crippen LogP contribution in [0.2, 0.25) is 0 Å². The highest BCUT2D eigenvalue weighted by molar-refractivity contribution is 7.23. The van der Waals surface area contributed by atoms with E-state index in [9.17, 15) is 4.79 Å². The Hall–Kier alpha value is -2.63. The van der Waals surface area contributed by atoms with Crippen LogP contribution in [0.1, 0.15) is 62.7 Å². The number of carbonyl (C=O) groups excluding carboxylic acids is 1. The molecule has 0 aliphatic carbocycles. The van der Waals surface area contributed by atoms with E-state index in [2.05, 4.69) is 68.6 Å². The molecule has 0 atom stereocenters. The monoisotopic (exact) mass is 522 g/mol. The van der Waals surface area contributed by atoms with Crippen LogP contribution < -0.4 is 4.74 Å². The summed E-state index contributed by atoms with van der Waals surface area (Å²) in [5.41, 5.74) is 1.24. The average Bonchev–Trinajstić information content (AvgIpc) is 3.55. The average molecular weight is 523 g/mol. The maximum absolute atomic E-state index is 11.7. The van der Waals surface area contributed by atoms with Gasteiger partial charge in [-0.15, -0.1) is 22.7 Å². The van der Waals surface area contributed by atoms with Gasteiger partial charge in [-0.2, -0.15) is 0 Å². The van der Waals surface area contributed by atoms with Crippen molar-refractivity contribution in [2.45, 2.75) is 70.8 Å². The van der Waals surface area contributed by atoms with Crippen LogP contribution in [0.3, 0.4) is 0 Å². The predicted molar refractivity (Wildman–Crippen MR) is 155 cm³/mol. The van der Waals surface area contributed by atoms with Crippen LogP contribution in [0.25, 0.3) is 20.2 Å². The van der Waals surface area contributed by atoms with Crippen LogP contribution in [-0.4, -0.2) is 18.7 Å². The standard InChI is InChI=1S/C31H38O3S2/c1-4-26(5-2)34-31(32)14-12-10-8-6-7-9-11-13-23-33-27-18-16-25(17-19-27)28-21-22-30(36-28)29-20-15-24(3)35-29/h4-5,15-22,26H,1-2,6-14,23H2,3H3. The first-order valence-electron chi connectivity index (χ1n) is 12.9. The van der Waals surface area contributed by atoms with Crippen molar-refractivity contribution < 1.29 is 14.3 Å². The van der Waals surface area contributed by atoms with Gasteiger partial charge in [0.05, 0.1) is 6.61 Å². The SMILES string of the molecule is C=CC(C=C)OC(=O)CCCCCCCCCCOc1ccc(-c2ccc(-c3ccc(C)s3)s2)cc1. The third kappa shape index (κ3) is 9.44. The first-order chi connectivity index (χ1) is 17.6. The van der Waals surface area contributed by atoms with Crippen LogP contribution in [-0.2, 0) is 9.53 Å². The summed E-state index contributed by atoms with van der Waals surface area (Å²) in [7, 11) is 0. The molecule has 2 heterocycles. The summed E-state index contributed by atoms with van der Waals surface area (Å²) in [5.74, 6) is 0.773. The van der Waals surface area contributed by atoms with Crippen molar-refractivity contribution in [2.24, 2.45) is 0 Å². The van der Waals surface area contributed by atoms with Crippen molar-refractivity contribution in [3.8, 4) is 25.9 Å². The molecule has 0 saturated carbocycles. The van der Waals surface area contributed by atoms with Crippen LogP contribution in [0, 0.1) is 6.92 Å². The molecule has 0 fully saturated rings. The van der Waals surface area contributed by atoms with Gasteiger partial charge in [0.15, 0.2) is 0 Å². The quantitative estimate of drug-likeness (QED) is 0.101. The summed E-state index contributed by atoms with van der Waals surface area (Å²) in [6.07, 6.45) is 12.3. The largest absolute Gasteiger partial charge is 0.494 e. The molecule has 3 nitrogen and oxygen atoms in total. The maximum atomic E-state index is 11.7. The second-order valence-electron chi connectivity index (χ2n) is 8.95. The van der Waals surface area contributed by atoms with E-state index in [1.54, 1.807) is 12.2 Å². The van der Waals surface area contributed by atoms with Gasteiger partial charge in [0.1, 0.15) is 11.9 Å². The Kier molecular flexibility index (Phi) is 12.0. The second kappa shape index (κ2) is 15.5. The van der Waals surface area contributed by atoms with Crippen LogP contribution in [0.4, 0.5) is 0 Å². The molecule has 3 rings (SSSR count). The normalized spacial score (nSPS) is 10.9. The lowest BCUT2D eigenvalue weighted by atomic mass is 10.1. The van der Waals surface area contributed by atoms with E-state index >= 15 is 0 Å². The van der Waals surface area contributed by atoms with Crippen molar-refractivity contribution in [3.63, 3.8) is 0 Å². The van der Waals surface area contributed by atoms with Gasteiger partial charge in [0.25, 0.3) is 0 Å². The molecule has 0 aliphatic heterocycles. The Morgan fingerprint density at radius 2 is 1.36 bits per heavy atom. The van der Waals surface area contributed by atoms with Crippen LogP contribution >= 0.6 is 22.7 Å². The molecule has 1 aromatic carbocycles.